The normalized spacial score (nSPS) is 12.4. The van der Waals surface area contributed by atoms with E-state index in [2.05, 4.69) is 16.0 Å². The second-order valence-electron chi connectivity index (χ2n) is 5.59. The number of amides is 1. The third-order valence-electron chi connectivity index (χ3n) is 2.91. The number of halogens is 3. The number of hydrogen-bond acceptors (Lipinski definition) is 3. The fraction of sp³-hybridized carbons (Fsp3) is 0.400. The van der Waals surface area contributed by atoms with Crippen LogP contribution in [0.15, 0.2) is 24.3 Å². The number of rotatable bonds is 6. The lowest BCUT2D eigenvalue weighted by Crippen LogP contribution is -2.56. The summed E-state index contributed by atoms with van der Waals surface area (Å²) in [6.07, 6.45) is -0.846. The predicted molar refractivity (Wildman–Crippen MR) is 104 cm³/mol. The van der Waals surface area contributed by atoms with Crippen LogP contribution in [0.2, 0.25) is 0 Å². The first-order valence-electron chi connectivity index (χ1n) is 7.26. The summed E-state index contributed by atoms with van der Waals surface area (Å²) in [5.74, 6) is -1.30. The lowest BCUT2D eigenvalue weighted by Gasteiger charge is -2.28. The molecule has 0 fully saturated rings. The van der Waals surface area contributed by atoms with E-state index in [1.54, 1.807) is 18.2 Å². The smallest absolute Gasteiger partial charge is 0.337 e. The molecule has 1 unspecified atom stereocenters. The number of thiocarbonyl (C=S) groups is 1. The maximum absolute atomic E-state index is 11.9. The van der Waals surface area contributed by atoms with E-state index < -0.39 is 15.9 Å². The van der Waals surface area contributed by atoms with Gasteiger partial charge in [0.1, 0.15) is 6.17 Å². The van der Waals surface area contributed by atoms with Gasteiger partial charge in [0.25, 0.3) is 0 Å². The van der Waals surface area contributed by atoms with Gasteiger partial charge in [0.2, 0.25) is 9.70 Å². The number of aromatic carboxylic acids is 1. The van der Waals surface area contributed by atoms with Crippen molar-refractivity contribution in [3.05, 3.63) is 29.8 Å². The number of nitrogens with one attached hydrogen (secondary N) is 3. The van der Waals surface area contributed by atoms with Gasteiger partial charge in [-0.15, -0.1) is 0 Å². The Balaban J connectivity index is 2.83. The van der Waals surface area contributed by atoms with Crippen LogP contribution in [-0.2, 0) is 4.79 Å². The summed E-state index contributed by atoms with van der Waals surface area (Å²) in [7, 11) is 0. The quantitative estimate of drug-likeness (QED) is 0.316. The third kappa shape index (κ3) is 7.64. The molecule has 1 amide bonds. The number of carboxylic acids is 1. The fourth-order valence-electron chi connectivity index (χ4n) is 1.86. The second kappa shape index (κ2) is 9.43. The van der Waals surface area contributed by atoms with Crippen molar-refractivity contribution < 1.29 is 14.7 Å². The Morgan fingerprint density at radius 3 is 2.32 bits per heavy atom. The minimum Gasteiger partial charge on any atom is -0.478 e. The van der Waals surface area contributed by atoms with Gasteiger partial charge in [0.15, 0.2) is 5.11 Å². The summed E-state index contributed by atoms with van der Waals surface area (Å²) in [5, 5.41) is 17.1. The van der Waals surface area contributed by atoms with Crippen LogP contribution in [0, 0.1) is 5.92 Å². The van der Waals surface area contributed by atoms with E-state index in [1.807, 2.05) is 13.8 Å². The minimum absolute atomic E-state index is 0.00475. The highest BCUT2D eigenvalue weighted by Gasteiger charge is 2.34. The highest BCUT2D eigenvalue weighted by atomic mass is 35.6. The van der Waals surface area contributed by atoms with Gasteiger partial charge in [-0.2, -0.15) is 0 Å². The Morgan fingerprint density at radius 1 is 1.20 bits per heavy atom. The minimum atomic E-state index is -1.87. The molecule has 0 aliphatic carbocycles. The number of benzene rings is 1. The molecule has 1 aromatic rings. The molecule has 0 aliphatic rings. The van der Waals surface area contributed by atoms with Crippen molar-refractivity contribution in [1.29, 1.82) is 0 Å². The SMILES string of the molecule is CC(C)CC(=O)NC(NC(=S)Nc1ccccc1C(=O)O)C(Cl)(Cl)Cl. The van der Waals surface area contributed by atoms with Crippen LogP contribution in [0.3, 0.4) is 0 Å². The standard InChI is InChI=1S/C15H18Cl3N3O3S/c1-8(2)7-11(22)20-13(15(16,17)18)21-14(25)19-10-6-4-3-5-9(10)12(23)24/h3-6,8,13H,7H2,1-2H3,(H,20,22)(H,23,24)(H2,19,21,25). The van der Waals surface area contributed by atoms with E-state index in [4.69, 9.17) is 52.1 Å². The molecule has 1 aromatic carbocycles. The lowest BCUT2D eigenvalue weighted by atomic mass is 10.1. The Kier molecular flexibility index (Phi) is 8.21. The summed E-state index contributed by atoms with van der Waals surface area (Å²) in [5.41, 5.74) is 0.296. The molecule has 1 rings (SSSR count). The molecule has 0 aliphatic heterocycles. The Bertz CT molecular complexity index is 650. The monoisotopic (exact) mass is 425 g/mol. The van der Waals surface area contributed by atoms with Crippen LogP contribution < -0.4 is 16.0 Å². The Morgan fingerprint density at radius 2 is 1.80 bits per heavy atom. The molecule has 25 heavy (non-hydrogen) atoms. The summed E-state index contributed by atoms with van der Waals surface area (Å²) >= 11 is 22.8. The number of carbonyl (C=O) groups excluding carboxylic acids is 1. The van der Waals surface area contributed by atoms with E-state index in [0.29, 0.717) is 0 Å². The molecular formula is C15H18Cl3N3O3S. The van der Waals surface area contributed by atoms with Crippen molar-refractivity contribution in [3.63, 3.8) is 0 Å². The summed E-state index contributed by atoms with van der Waals surface area (Å²) in [6.45, 7) is 3.76. The van der Waals surface area contributed by atoms with Gasteiger partial charge < -0.3 is 21.1 Å². The molecule has 0 saturated carbocycles. The van der Waals surface area contributed by atoms with Gasteiger partial charge in [0.05, 0.1) is 11.3 Å². The van der Waals surface area contributed by atoms with Gasteiger partial charge in [-0.3, -0.25) is 4.79 Å². The number of hydrogen-bond donors (Lipinski definition) is 4. The molecule has 0 heterocycles. The van der Waals surface area contributed by atoms with Gasteiger partial charge >= 0.3 is 5.97 Å². The van der Waals surface area contributed by atoms with Gasteiger partial charge in [-0.25, -0.2) is 4.79 Å². The second-order valence-corrected chi connectivity index (χ2v) is 8.37. The molecular weight excluding hydrogens is 409 g/mol. The average Bonchev–Trinajstić information content (AvgIpc) is 2.44. The van der Waals surface area contributed by atoms with Crippen molar-refractivity contribution in [2.24, 2.45) is 5.92 Å². The van der Waals surface area contributed by atoms with Crippen LogP contribution >= 0.6 is 47.0 Å². The summed E-state index contributed by atoms with van der Waals surface area (Å²) in [6, 6.07) is 6.19. The third-order valence-corrected chi connectivity index (χ3v) is 3.78. The molecule has 138 valence electrons. The summed E-state index contributed by atoms with van der Waals surface area (Å²) < 4.78 is -1.87. The van der Waals surface area contributed by atoms with Crippen molar-refractivity contribution in [2.45, 2.75) is 30.2 Å². The first-order valence-corrected chi connectivity index (χ1v) is 8.80. The van der Waals surface area contributed by atoms with Gasteiger partial charge in [-0.1, -0.05) is 60.8 Å². The highest BCUT2D eigenvalue weighted by Crippen LogP contribution is 2.29. The zero-order chi connectivity index (χ0) is 19.2. The zero-order valence-corrected chi connectivity index (χ0v) is 16.6. The summed E-state index contributed by atoms with van der Waals surface area (Å²) in [4.78, 5) is 23.1. The zero-order valence-electron chi connectivity index (χ0n) is 13.5. The molecule has 10 heteroatoms. The molecule has 4 N–H and O–H groups in total. The first-order chi connectivity index (χ1) is 11.5. The fourth-order valence-corrected chi connectivity index (χ4v) is 2.41. The molecule has 0 radical (unpaired) electrons. The highest BCUT2D eigenvalue weighted by molar-refractivity contribution is 7.80. The molecule has 0 bridgehead atoms. The van der Waals surface area contributed by atoms with E-state index in [-0.39, 0.29) is 34.6 Å². The van der Waals surface area contributed by atoms with Crippen LogP contribution in [0.1, 0.15) is 30.6 Å². The topological polar surface area (TPSA) is 90.5 Å². The van der Waals surface area contributed by atoms with Crippen molar-refractivity contribution in [3.8, 4) is 0 Å². The van der Waals surface area contributed by atoms with Crippen LogP contribution in [0.25, 0.3) is 0 Å². The average molecular weight is 427 g/mol. The first kappa shape index (κ1) is 21.8. The molecule has 6 nitrogen and oxygen atoms in total. The van der Waals surface area contributed by atoms with E-state index >= 15 is 0 Å². The molecule has 0 saturated heterocycles. The van der Waals surface area contributed by atoms with Crippen molar-refractivity contribution in [2.75, 3.05) is 5.32 Å². The maximum Gasteiger partial charge on any atom is 0.337 e. The Labute approximate surface area is 166 Å². The van der Waals surface area contributed by atoms with Crippen LogP contribution in [0.4, 0.5) is 5.69 Å². The number of para-hydroxylation sites is 1. The number of anilines is 1. The lowest BCUT2D eigenvalue weighted by molar-refractivity contribution is -0.122. The molecule has 1 atom stereocenters. The van der Waals surface area contributed by atoms with E-state index in [1.165, 1.54) is 6.07 Å². The number of carbonyl (C=O) groups is 2. The van der Waals surface area contributed by atoms with Crippen molar-refractivity contribution in [1.82, 2.24) is 10.6 Å². The maximum atomic E-state index is 11.9. The van der Waals surface area contributed by atoms with Crippen LogP contribution in [0.5, 0.6) is 0 Å². The number of alkyl halides is 3. The predicted octanol–water partition coefficient (Wildman–Crippen LogP) is 3.53. The van der Waals surface area contributed by atoms with Crippen LogP contribution in [-0.4, -0.2) is 32.1 Å². The largest absolute Gasteiger partial charge is 0.478 e. The van der Waals surface area contributed by atoms with Gasteiger partial charge in [0, 0.05) is 6.42 Å². The van der Waals surface area contributed by atoms with E-state index in [9.17, 15) is 9.59 Å². The molecule has 0 aromatic heterocycles. The van der Waals surface area contributed by atoms with E-state index in [0.717, 1.165) is 0 Å². The molecule has 0 spiro atoms. The Hall–Kier alpha value is -1.28. The van der Waals surface area contributed by atoms with Gasteiger partial charge in [-0.05, 0) is 30.3 Å². The van der Waals surface area contributed by atoms with Crippen molar-refractivity contribution >= 4 is 69.7 Å². The number of carboxylic acid groups (broad SMARTS) is 1.